The molecule has 2 aromatic carbocycles. The second-order valence-corrected chi connectivity index (χ2v) is 5.51. The number of urea groups is 1. The minimum atomic E-state index is -0.181. The number of hydrogen-bond donors (Lipinski definition) is 2. The van der Waals surface area contributed by atoms with Gasteiger partial charge in [-0.05, 0) is 68.1 Å². The Morgan fingerprint density at radius 1 is 1.04 bits per heavy atom. The van der Waals surface area contributed by atoms with E-state index in [1.807, 2.05) is 56.3 Å². The molecule has 0 bridgehead atoms. The van der Waals surface area contributed by atoms with Crippen LogP contribution >= 0.6 is 0 Å². The van der Waals surface area contributed by atoms with Gasteiger partial charge in [0.15, 0.2) is 0 Å². The van der Waals surface area contributed by atoms with E-state index in [2.05, 4.69) is 17.6 Å². The highest BCUT2D eigenvalue weighted by molar-refractivity contribution is 5.89. The Bertz CT molecular complexity index is 651. The van der Waals surface area contributed by atoms with Crippen molar-refractivity contribution in [3.63, 3.8) is 0 Å². The molecule has 2 N–H and O–H groups in total. The minimum absolute atomic E-state index is 0.181. The molecule has 0 spiro atoms. The Morgan fingerprint density at radius 2 is 1.78 bits per heavy atom. The lowest BCUT2D eigenvalue weighted by atomic mass is 10.1. The van der Waals surface area contributed by atoms with Gasteiger partial charge in [-0.15, -0.1) is 0 Å². The van der Waals surface area contributed by atoms with Gasteiger partial charge < -0.3 is 15.4 Å². The van der Waals surface area contributed by atoms with Crippen molar-refractivity contribution in [3.8, 4) is 5.75 Å². The summed E-state index contributed by atoms with van der Waals surface area (Å²) in [6.07, 6.45) is 0.784. The lowest BCUT2D eigenvalue weighted by molar-refractivity contribution is 0.252. The SMILES string of the molecule is CCOc1ccc(CCNC(=O)Nc2ccc(C)c(C)c2)cc1. The smallest absolute Gasteiger partial charge is 0.319 e. The zero-order valence-corrected chi connectivity index (χ0v) is 14.0. The molecule has 0 fully saturated rings. The monoisotopic (exact) mass is 312 g/mol. The van der Waals surface area contributed by atoms with Crippen molar-refractivity contribution in [3.05, 3.63) is 59.2 Å². The first-order chi connectivity index (χ1) is 11.1. The summed E-state index contributed by atoms with van der Waals surface area (Å²) >= 11 is 0. The van der Waals surface area contributed by atoms with E-state index in [-0.39, 0.29) is 6.03 Å². The first-order valence-corrected chi connectivity index (χ1v) is 7.92. The third-order valence-electron chi connectivity index (χ3n) is 3.70. The van der Waals surface area contributed by atoms with Crippen LogP contribution in [0, 0.1) is 13.8 Å². The van der Waals surface area contributed by atoms with E-state index in [1.165, 1.54) is 11.1 Å². The predicted octanol–water partition coefficient (Wildman–Crippen LogP) is 4.07. The molecule has 4 heteroatoms. The first kappa shape index (κ1) is 16.9. The van der Waals surface area contributed by atoms with E-state index >= 15 is 0 Å². The van der Waals surface area contributed by atoms with Gasteiger partial charge in [0.2, 0.25) is 0 Å². The van der Waals surface area contributed by atoms with Gasteiger partial charge in [-0.1, -0.05) is 18.2 Å². The third kappa shape index (κ3) is 5.33. The lowest BCUT2D eigenvalue weighted by Gasteiger charge is -2.09. The number of amides is 2. The number of anilines is 1. The van der Waals surface area contributed by atoms with E-state index in [0.717, 1.165) is 23.4 Å². The fourth-order valence-corrected chi connectivity index (χ4v) is 2.23. The maximum Gasteiger partial charge on any atom is 0.319 e. The average molecular weight is 312 g/mol. The van der Waals surface area contributed by atoms with Crippen LogP contribution in [0.4, 0.5) is 10.5 Å². The quantitative estimate of drug-likeness (QED) is 0.845. The Morgan fingerprint density at radius 3 is 2.43 bits per heavy atom. The molecule has 0 saturated heterocycles. The van der Waals surface area contributed by atoms with E-state index < -0.39 is 0 Å². The second kappa shape index (κ2) is 8.22. The maximum absolute atomic E-state index is 11.9. The summed E-state index contributed by atoms with van der Waals surface area (Å²) in [5.74, 6) is 0.872. The molecule has 2 aromatic rings. The van der Waals surface area contributed by atoms with Crippen LogP contribution < -0.4 is 15.4 Å². The molecule has 2 amide bonds. The zero-order valence-electron chi connectivity index (χ0n) is 14.0. The van der Waals surface area contributed by atoms with Crippen molar-refractivity contribution in [1.82, 2.24) is 5.32 Å². The maximum atomic E-state index is 11.9. The van der Waals surface area contributed by atoms with Gasteiger partial charge in [0.05, 0.1) is 6.61 Å². The largest absolute Gasteiger partial charge is 0.494 e. The van der Waals surface area contributed by atoms with E-state index in [4.69, 9.17) is 4.74 Å². The van der Waals surface area contributed by atoms with Gasteiger partial charge in [-0.25, -0.2) is 4.79 Å². The van der Waals surface area contributed by atoms with Crippen LogP contribution in [0.1, 0.15) is 23.6 Å². The summed E-state index contributed by atoms with van der Waals surface area (Å²) < 4.78 is 5.41. The topological polar surface area (TPSA) is 50.4 Å². The Labute approximate surface area is 137 Å². The number of aryl methyl sites for hydroxylation is 2. The summed E-state index contributed by atoms with van der Waals surface area (Å²) in [5, 5.41) is 5.72. The molecule has 0 saturated carbocycles. The lowest BCUT2D eigenvalue weighted by Crippen LogP contribution is -2.30. The van der Waals surface area contributed by atoms with Gasteiger partial charge >= 0.3 is 6.03 Å². The standard InChI is InChI=1S/C19H24N2O2/c1-4-23-18-9-6-16(7-10-18)11-12-20-19(22)21-17-8-5-14(2)15(3)13-17/h5-10,13H,4,11-12H2,1-3H3,(H2,20,21,22). The van der Waals surface area contributed by atoms with Crippen LogP contribution in [0.15, 0.2) is 42.5 Å². The molecule has 23 heavy (non-hydrogen) atoms. The molecule has 0 aromatic heterocycles. The molecule has 0 radical (unpaired) electrons. The molecule has 0 aliphatic heterocycles. The Kier molecular flexibility index (Phi) is 6.03. The number of rotatable bonds is 6. The van der Waals surface area contributed by atoms with E-state index in [9.17, 15) is 4.79 Å². The molecule has 122 valence electrons. The van der Waals surface area contributed by atoms with Crippen LogP contribution in [0.25, 0.3) is 0 Å². The number of ether oxygens (including phenoxy) is 1. The molecule has 0 atom stereocenters. The van der Waals surface area contributed by atoms with Crippen molar-refractivity contribution in [2.75, 3.05) is 18.5 Å². The predicted molar refractivity (Wildman–Crippen MR) is 94.3 cm³/mol. The highest BCUT2D eigenvalue weighted by Crippen LogP contribution is 2.14. The number of nitrogens with one attached hydrogen (secondary N) is 2. The van der Waals surface area contributed by atoms with Crippen LogP contribution in [-0.4, -0.2) is 19.2 Å². The van der Waals surface area contributed by atoms with Crippen LogP contribution in [0.5, 0.6) is 5.75 Å². The summed E-state index contributed by atoms with van der Waals surface area (Å²) in [5.41, 5.74) is 4.36. The third-order valence-corrected chi connectivity index (χ3v) is 3.70. The summed E-state index contributed by atoms with van der Waals surface area (Å²) in [6, 6.07) is 13.7. The van der Waals surface area contributed by atoms with Gasteiger partial charge in [-0.2, -0.15) is 0 Å². The van der Waals surface area contributed by atoms with E-state index in [1.54, 1.807) is 0 Å². The molecule has 2 rings (SSSR count). The molecular weight excluding hydrogens is 288 g/mol. The highest BCUT2D eigenvalue weighted by Gasteiger charge is 2.03. The molecular formula is C19H24N2O2. The minimum Gasteiger partial charge on any atom is -0.494 e. The normalized spacial score (nSPS) is 10.2. The number of carbonyl (C=O) groups is 1. The molecule has 0 aliphatic carbocycles. The van der Waals surface area contributed by atoms with Crippen molar-refractivity contribution in [2.24, 2.45) is 0 Å². The Balaban J connectivity index is 1.76. The summed E-state index contributed by atoms with van der Waals surface area (Å²) in [6.45, 7) is 7.30. The second-order valence-electron chi connectivity index (χ2n) is 5.51. The van der Waals surface area contributed by atoms with Gasteiger partial charge in [0.25, 0.3) is 0 Å². The molecule has 0 unspecified atom stereocenters. The fourth-order valence-electron chi connectivity index (χ4n) is 2.23. The zero-order chi connectivity index (χ0) is 16.7. The van der Waals surface area contributed by atoms with E-state index in [0.29, 0.717) is 13.2 Å². The molecule has 0 heterocycles. The molecule has 0 aliphatic rings. The van der Waals surface area contributed by atoms with Gasteiger partial charge in [-0.3, -0.25) is 0 Å². The Hall–Kier alpha value is -2.49. The number of benzene rings is 2. The van der Waals surface area contributed by atoms with Crippen molar-refractivity contribution in [2.45, 2.75) is 27.2 Å². The van der Waals surface area contributed by atoms with Crippen molar-refractivity contribution < 1.29 is 9.53 Å². The highest BCUT2D eigenvalue weighted by atomic mass is 16.5. The van der Waals surface area contributed by atoms with Crippen molar-refractivity contribution in [1.29, 1.82) is 0 Å². The van der Waals surface area contributed by atoms with Crippen molar-refractivity contribution >= 4 is 11.7 Å². The van der Waals surface area contributed by atoms with Crippen LogP contribution in [-0.2, 0) is 6.42 Å². The van der Waals surface area contributed by atoms with Gasteiger partial charge in [0, 0.05) is 12.2 Å². The average Bonchev–Trinajstić information content (AvgIpc) is 2.53. The first-order valence-electron chi connectivity index (χ1n) is 7.92. The van der Waals surface area contributed by atoms with Crippen LogP contribution in [0.3, 0.4) is 0 Å². The number of hydrogen-bond acceptors (Lipinski definition) is 2. The van der Waals surface area contributed by atoms with Crippen LogP contribution in [0.2, 0.25) is 0 Å². The van der Waals surface area contributed by atoms with Gasteiger partial charge in [0.1, 0.15) is 5.75 Å². The summed E-state index contributed by atoms with van der Waals surface area (Å²) in [7, 11) is 0. The number of carbonyl (C=O) groups excluding carboxylic acids is 1. The molecule has 4 nitrogen and oxygen atoms in total. The summed E-state index contributed by atoms with van der Waals surface area (Å²) in [4.78, 5) is 11.9. The fraction of sp³-hybridized carbons (Fsp3) is 0.316.